The number of ether oxygens (including phenoxy) is 1. The minimum Gasteiger partial charge on any atom is -0.464 e. The maximum absolute atomic E-state index is 13.7. The summed E-state index contributed by atoms with van der Waals surface area (Å²) in [6, 6.07) is 13.9. The van der Waals surface area contributed by atoms with Crippen LogP contribution >= 0.6 is 0 Å². The largest absolute Gasteiger partial charge is 0.464 e. The van der Waals surface area contributed by atoms with Crippen LogP contribution in [-0.2, 0) is 22.6 Å². The van der Waals surface area contributed by atoms with Crippen LogP contribution in [0.3, 0.4) is 0 Å². The third kappa shape index (κ3) is 8.90. The number of hydrogen-bond donors (Lipinski definition) is 1. The zero-order valence-corrected chi connectivity index (χ0v) is 22.2. The molecular formula is C29H42N4O4. The van der Waals surface area contributed by atoms with E-state index in [1.807, 2.05) is 49.4 Å². The van der Waals surface area contributed by atoms with Gasteiger partial charge >= 0.3 is 6.03 Å². The van der Waals surface area contributed by atoms with E-state index in [0.717, 1.165) is 82.0 Å². The summed E-state index contributed by atoms with van der Waals surface area (Å²) in [7, 11) is 0. The van der Waals surface area contributed by atoms with Gasteiger partial charge in [0.2, 0.25) is 5.91 Å². The molecule has 37 heavy (non-hydrogen) atoms. The van der Waals surface area contributed by atoms with Crippen molar-refractivity contribution in [3.63, 3.8) is 0 Å². The van der Waals surface area contributed by atoms with Crippen molar-refractivity contribution in [2.24, 2.45) is 0 Å². The predicted octanol–water partition coefficient (Wildman–Crippen LogP) is 4.18. The van der Waals surface area contributed by atoms with Gasteiger partial charge in [-0.05, 0) is 43.9 Å². The predicted molar refractivity (Wildman–Crippen MR) is 143 cm³/mol. The minimum absolute atomic E-state index is 0.0498. The Morgan fingerprint density at radius 3 is 2.43 bits per heavy atom. The number of furan rings is 1. The van der Waals surface area contributed by atoms with Crippen LogP contribution in [-0.4, -0.2) is 78.6 Å². The van der Waals surface area contributed by atoms with Gasteiger partial charge in [0.15, 0.2) is 0 Å². The SMILES string of the molecule is Cc1ccc(CN(Cc2ccccc2)C(=O)CN(CCCN2CCOCC2)C(=O)NC2CCCCC2)o1. The second-order valence-corrected chi connectivity index (χ2v) is 10.3. The van der Waals surface area contributed by atoms with Gasteiger partial charge in [-0.1, -0.05) is 49.6 Å². The molecule has 1 aliphatic heterocycles. The third-order valence-electron chi connectivity index (χ3n) is 7.26. The quantitative estimate of drug-likeness (QED) is 0.491. The lowest BCUT2D eigenvalue weighted by atomic mass is 9.96. The molecule has 8 nitrogen and oxygen atoms in total. The molecule has 2 aliphatic rings. The van der Waals surface area contributed by atoms with Gasteiger partial charge in [0, 0.05) is 38.8 Å². The summed E-state index contributed by atoms with van der Waals surface area (Å²) < 4.78 is 11.2. The van der Waals surface area contributed by atoms with Crippen LogP contribution in [0.4, 0.5) is 4.79 Å². The highest BCUT2D eigenvalue weighted by Gasteiger charge is 2.25. The first-order valence-electron chi connectivity index (χ1n) is 13.8. The Morgan fingerprint density at radius 1 is 0.973 bits per heavy atom. The van der Waals surface area contributed by atoms with E-state index in [0.29, 0.717) is 19.6 Å². The highest BCUT2D eigenvalue weighted by atomic mass is 16.5. The van der Waals surface area contributed by atoms with Crippen LogP contribution in [0, 0.1) is 6.92 Å². The maximum Gasteiger partial charge on any atom is 0.318 e. The Hall–Kier alpha value is -2.84. The summed E-state index contributed by atoms with van der Waals surface area (Å²) in [6.07, 6.45) is 6.37. The Bertz CT molecular complexity index is 967. The standard InChI is InChI=1S/C29H42N4O4/c1-24-13-14-27(37-24)22-33(21-25-9-4-2-5-10-25)28(34)23-32(16-8-15-31-17-19-36-20-18-31)29(35)30-26-11-6-3-7-12-26/h2,4-5,9-10,13-14,26H,3,6-8,11-12,15-23H2,1H3,(H,30,35). The number of urea groups is 1. The van der Waals surface area contributed by atoms with Gasteiger partial charge in [0.05, 0.1) is 19.8 Å². The van der Waals surface area contributed by atoms with Crippen LogP contribution in [0.1, 0.15) is 55.6 Å². The Morgan fingerprint density at radius 2 is 1.73 bits per heavy atom. The van der Waals surface area contributed by atoms with Crippen LogP contribution in [0.25, 0.3) is 0 Å². The molecule has 4 rings (SSSR count). The van der Waals surface area contributed by atoms with E-state index >= 15 is 0 Å². The van der Waals surface area contributed by atoms with Gasteiger partial charge < -0.3 is 24.3 Å². The molecule has 202 valence electrons. The Balaban J connectivity index is 1.42. The van der Waals surface area contributed by atoms with Crippen molar-refractivity contribution in [1.29, 1.82) is 0 Å². The summed E-state index contributed by atoms with van der Waals surface area (Å²) in [5.74, 6) is 1.48. The minimum atomic E-state index is -0.129. The molecule has 1 aromatic carbocycles. The van der Waals surface area contributed by atoms with E-state index in [4.69, 9.17) is 9.15 Å². The smallest absolute Gasteiger partial charge is 0.318 e. The summed E-state index contributed by atoms with van der Waals surface area (Å²) in [5, 5.41) is 3.22. The van der Waals surface area contributed by atoms with Crippen molar-refractivity contribution in [1.82, 2.24) is 20.0 Å². The summed E-state index contributed by atoms with van der Waals surface area (Å²) in [6.45, 7) is 7.56. The molecule has 1 saturated carbocycles. The molecule has 1 aliphatic carbocycles. The molecule has 1 N–H and O–H groups in total. The van der Waals surface area contributed by atoms with Crippen LogP contribution in [0.15, 0.2) is 46.9 Å². The van der Waals surface area contributed by atoms with Gasteiger partial charge in [-0.25, -0.2) is 4.79 Å². The number of aryl methyl sites for hydroxylation is 1. The lowest BCUT2D eigenvalue weighted by molar-refractivity contribution is -0.133. The number of rotatable bonds is 11. The summed E-state index contributed by atoms with van der Waals surface area (Å²) in [5.41, 5.74) is 1.05. The molecule has 2 aromatic rings. The number of carbonyl (C=O) groups excluding carboxylic acids is 2. The van der Waals surface area contributed by atoms with Crippen molar-refractivity contribution in [2.75, 3.05) is 45.9 Å². The lowest BCUT2D eigenvalue weighted by Gasteiger charge is -2.31. The van der Waals surface area contributed by atoms with Gasteiger partial charge in [-0.3, -0.25) is 9.69 Å². The number of amides is 3. The molecular weight excluding hydrogens is 468 g/mol. The van der Waals surface area contributed by atoms with E-state index in [9.17, 15) is 9.59 Å². The molecule has 0 spiro atoms. The van der Waals surface area contributed by atoms with E-state index in [1.165, 1.54) is 6.42 Å². The highest BCUT2D eigenvalue weighted by Crippen LogP contribution is 2.18. The molecule has 0 bridgehead atoms. The molecule has 1 saturated heterocycles. The fraction of sp³-hybridized carbons (Fsp3) is 0.586. The van der Waals surface area contributed by atoms with Gasteiger partial charge in [0.25, 0.3) is 0 Å². The van der Waals surface area contributed by atoms with Gasteiger partial charge in [-0.15, -0.1) is 0 Å². The summed E-state index contributed by atoms with van der Waals surface area (Å²) >= 11 is 0. The van der Waals surface area contributed by atoms with E-state index in [-0.39, 0.29) is 24.5 Å². The molecule has 3 amide bonds. The van der Waals surface area contributed by atoms with Crippen molar-refractivity contribution in [3.8, 4) is 0 Å². The zero-order valence-electron chi connectivity index (χ0n) is 22.2. The van der Waals surface area contributed by atoms with Crippen molar-refractivity contribution < 1.29 is 18.7 Å². The average Bonchev–Trinajstić information content (AvgIpc) is 3.33. The normalized spacial score (nSPS) is 16.9. The van der Waals surface area contributed by atoms with E-state index in [1.54, 1.807) is 9.80 Å². The second kappa shape index (κ2) is 14.2. The number of hydrogen-bond acceptors (Lipinski definition) is 5. The number of benzene rings is 1. The number of carbonyl (C=O) groups is 2. The fourth-order valence-corrected chi connectivity index (χ4v) is 5.13. The lowest BCUT2D eigenvalue weighted by Crippen LogP contribution is -2.50. The van der Waals surface area contributed by atoms with Gasteiger partial charge in [0.1, 0.15) is 18.1 Å². The fourth-order valence-electron chi connectivity index (χ4n) is 5.13. The van der Waals surface area contributed by atoms with E-state index in [2.05, 4.69) is 10.2 Å². The first-order chi connectivity index (χ1) is 18.1. The van der Waals surface area contributed by atoms with Crippen molar-refractivity contribution in [2.45, 2.75) is 64.6 Å². The number of morpholine rings is 1. The molecule has 0 atom stereocenters. The molecule has 0 radical (unpaired) electrons. The van der Waals surface area contributed by atoms with Crippen molar-refractivity contribution >= 4 is 11.9 Å². The van der Waals surface area contributed by atoms with Crippen LogP contribution in [0.2, 0.25) is 0 Å². The molecule has 1 aromatic heterocycles. The first kappa shape index (κ1) is 27.2. The summed E-state index contributed by atoms with van der Waals surface area (Å²) in [4.78, 5) is 32.9. The Kier molecular flexibility index (Phi) is 10.4. The maximum atomic E-state index is 13.7. The molecule has 2 heterocycles. The molecule has 8 heteroatoms. The monoisotopic (exact) mass is 510 g/mol. The molecule has 0 unspecified atom stereocenters. The van der Waals surface area contributed by atoms with Crippen molar-refractivity contribution in [3.05, 3.63) is 59.5 Å². The van der Waals surface area contributed by atoms with Crippen LogP contribution in [0.5, 0.6) is 0 Å². The first-order valence-corrected chi connectivity index (χ1v) is 13.8. The average molecular weight is 511 g/mol. The molecule has 2 fully saturated rings. The number of nitrogens with one attached hydrogen (secondary N) is 1. The highest BCUT2D eigenvalue weighted by molar-refractivity contribution is 5.84. The zero-order chi connectivity index (χ0) is 25.9. The van der Waals surface area contributed by atoms with E-state index < -0.39 is 0 Å². The van der Waals surface area contributed by atoms with Gasteiger partial charge in [-0.2, -0.15) is 0 Å². The topological polar surface area (TPSA) is 78.3 Å². The second-order valence-electron chi connectivity index (χ2n) is 10.3. The van der Waals surface area contributed by atoms with Crippen LogP contribution < -0.4 is 5.32 Å². The third-order valence-corrected chi connectivity index (χ3v) is 7.26. The Labute approximate surface area is 220 Å². The number of nitrogens with zero attached hydrogens (tertiary/aromatic N) is 3.